The SMILES string of the molecule is CCCC12Cc3cnn(-c4ccc(F)cc4)c3C=C1CC[C@@]2(O)CCc1cccc(F)c1CC(N)=O. The van der Waals surface area contributed by atoms with Crippen molar-refractivity contribution in [2.45, 2.75) is 63.9 Å². The molecule has 1 saturated carbocycles. The Morgan fingerprint density at radius 3 is 2.67 bits per heavy atom. The van der Waals surface area contributed by atoms with E-state index in [-0.39, 0.29) is 12.2 Å². The Labute approximate surface area is 209 Å². The van der Waals surface area contributed by atoms with Gasteiger partial charge in [0.15, 0.2) is 0 Å². The molecule has 1 aromatic heterocycles. The molecule has 0 spiro atoms. The predicted molar refractivity (Wildman–Crippen MR) is 134 cm³/mol. The molecule has 2 aliphatic carbocycles. The van der Waals surface area contributed by atoms with Gasteiger partial charge in [0.2, 0.25) is 5.91 Å². The summed E-state index contributed by atoms with van der Waals surface area (Å²) in [5.74, 6) is -1.31. The summed E-state index contributed by atoms with van der Waals surface area (Å²) in [6.45, 7) is 2.13. The molecule has 2 aliphatic rings. The number of amides is 1. The molecule has 2 aromatic carbocycles. The zero-order chi connectivity index (χ0) is 25.5. The fraction of sp³-hybridized carbons (Fsp3) is 0.379. The van der Waals surface area contributed by atoms with Crippen LogP contribution in [0.5, 0.6) is 0 Å². The Kier molecular flexibility index (Phi) is 6.29. The Bertz CT molecular complexity index is 1330. The van der Waals surface area contributed by atoms with Crippen molar-refractivity contribution in [3.05, 3.63) is 88.3 Å². The summed E-state index contributed by atoms with van der Waals surface area (Å²) in [5, 5.41) is 16.7. The maximum absolute atomic E-state index is 14.5. The summed E-state index contributed by atoms with van der Waals surface area (Å²) < 4.78 is 29.8. The van der Waals surface area contributed by atoms with Crippen molar-refractivity contribution in [1.82, 2.24) is 9.78 Å². The molecule has 1 heterocycles. The van der Waals surface area contributed by atoms with Crippen molar-refractivity contribution >= 4 is 12.0 Å². The second kappa shape index (κ2) is 9.28. The Hall–Kier alpha value is -3.32. The minimum absolute atomic E-state index is 0.155. The van der Waals surface area contributed by atoms with Gasteiger partial charge in [-0.1, -0.05) is 31.1 Å². The van der Waals surface area contributed by atoms with Crippen molar-refractivity contribution in [1.29, 1.82) is 0 Å². The molecule has 2 atom stereocenters. The number of hydrogen-bond donors (Lipinski definition) is 2. The number of hydrogen-bond acceptors (Lipinski definition) is 3. The van der Waals surface area contributed by atoms with Crippen LogP contribution in [0.2, 0.25) is 0 Å². The van der Waals surface area contributed by atoms with E-state index < -0.39 is 22.7 Å². The molecule has 1 amide bonds. The number of rotatable bonds is 8. The number of aryl methyl sites for hydroxylation is 1. The molecule has 0 saturated heterocycles. The van der Waals surface area contributed by atoms with Crippen LogP contribution in [0.1, 0.15) is 61.4 Å². The molecule has 36 heavy (non-hydrogen) atoms. The zero-order valence-electron chi connectivity index (χ0n) is 20.4. The maximum atomic E-state index is 14.5. The summed E-state index contributed by atoms with van der Waals surface area (Å²) in [6.07, 6.45) is 8.55. The predicted octanol–water partition coefficient (Wildman–Crippen LogP) is 5.06. The molecule has 0 bridgehead atoms. The van der Waals surface area contributed by atoms with E-state index in [4.69, 9.17) is 5.73 Å². The number of aromatic nitrogens is 2. The highest BCUT2D eigenvalue weighted by Crippen LogP contribution is 2.59. The molecule has 3 aromatic rings. The molecule has 0 radical (unpaired) electrons. The standard InChI is InChI=1S/C29H31F2N3O2/c1-2-12-28-17-20-18-33-34(23-8-6-22(30)7-9-23)26(20)15-21(28)11-14-29(28,36)13-10-19-4-3-5-25(31)24(19)16-27(32)35/h3-9,15,18,36H,2,10-14,16-17H2,1H3,(H2,32,35)/t28?,29-/m0/s1. The van der Waals surface area contributed by atoms with E-state index in [2.05, 4.69) is 18.1 Å². The number of carbonyl (C=O) groups is 1. The molecule has 1 unspecified atom stereocenters. The van der Waals surface area contributed by atoms with Crippen LogP contribution >= 0.6 is 0 Å². The van der Waals surface area contributed by atoms with Gasteiger partial charge >= 0.3 is 0 Å². The lowest BCUT2D eigenvalue weighted by atomic mass is 9.62. The molecule has 0 aliphatic heterocycles. The highest BCUT2D eigenvalue weighted by Gasteiger charge is 2.57. The normalized spacial score (nSPS) is 22.7. The smallest absolute Gasteiger partial charge is 0.221 e. The maximum Gasteiger partial charge on any atom is 0.221 e. The number of benzene rings is 2. The number of nitrogens with two attached hydrogens (primary N) is 1. The van der Waals surface area contributed by atoms with E-state index in [1.807, 2.05) is 16.9 Å². The van der Waals surface area contributed by atoms with Crippen LogP contribution in [-0.4, -0.2) is 26.4 Å². The lowest BCUT2D eigenvalue weighted by Gasteiger charge is -2.45. The molecule has 188 valence electrons. The topological polar surface area (TPSA) is 81.1 Å². The van der Waals surface area contributed by atoms with Crippen LogP contribution < -0.4 is 5.73 Å². The van der Waals surface area contributed by atoms with Crippen LogP contribution in [0, 0.1) is 17.0 Å². The first kappa shape index (κ1) is 24.4. The van der Waals surface area contributed by atoms with Gasteiger partial charge in [0, 0.05) is 11.0 Å². The fourth-order valence-corrected chi connectivity index (χ4v) is 6.39. The van der Waals surface area contributed by atoms with Crippen molar-refractivity contribution in [2.24, 2.45) is 11.1 Å². The van der Waals surface area contributed by atoms with E-state index in [1.54, 1.807) is 18.2 Å². The zero-order valence-corrected chi connectivity index (χ0v) is 20.4. The van der Waals surface area contributed by atoms with Crippen LogP contribution in [0.3, 0.4) is 0 Å². The number of primary amides is 1. The molecular weight excluding hydrogens is 460 g/mol. The van der Waals surface area contributed by atoms with Gasteiger partial charge in [-0.2, -0.15) is 5.10 Å². The van der Waals surface area contributed by atoms with E-state index in [0.29, 0.717) is 36.8 Å². The van der Waals surface area contributed by atoms with Gasteiger partial charge in [-0.25, -0.2) is 13.5 Å². The minimum Gasteiger partial charge on any atom is -0.389 e. The monoisotopic (exact) mass is 491 g/mol. The first-order valence-corrected chi connectivity index (χ1v) is 12.6. The average Bonchev–Trinajstić information content (AvgIpc) is 3.37. The third kappa shape index (κ3) is 4.05. The van der Waals surface area contributed by atoms with Crippen molar-refractivity contribution in [3.8, 4) is 5.69 Å². The summed E-state index contributed by atoms with van der Waals surface area (Å²) in [7, 11) is 0. The number of aliphatic hydroxyl groups is 1. The highest BCUT2D eigenvalue weighted by atomic mass is 19.1. The lowest BCUT2D eigenvalue weighted by molar-refractivity contribution is -0.117. The first-order chi connectivity index (χ1) is 17.3. The number of nitrogens with zero attached hydrogens (tertiary/aromatic N) is 2. The molecule has 1 fully saturated rings. The van der Waals surface area contributed by atoms with Gasteiger partial charge in [0.25, 0.3) is 0 Å². The third-order valence-corrected chi connectivity index (χ3v) is 8.13. The largest absolute Gasteiger partial charge is 0.389 e. The lowest BCUT2D eigenvalue weighted by Crippen LogP contribution is -2.47. The second-order valence-electron chi connectivity index (χ2n) is 10.2. The van der Waals surface area contributed by atoms with Gasteiger partial charge in [-0.15, -0.1) is 0 Å². The summed E-state index contributed by atoms with van der Waals surface area (Å²) in [6, 6.07) is 11.1. The van der Waals surface area contributed by atoms with E-state index in [9.17, 15) is 18.7 Å². The van der Waals surface area contributed by atoms with Gasteiger partial charge in [0.05, 0.1) is 29.6 Å². The van der Waals surface area contributed by atoms with E-state index in [0.717, 1.165) is 36.2 Å². The molecular formula is C29H31F2N3O2. The van der Waals surface area contributed by atoms with Crippen LogP contribution in [-0.2, 0) is 24.1 Å². The van der Waals surface area contributed by atoms with Gasteiger partial charge in [-0.3, -0.25) is 4.79 Å². The van der Waals surface area contributed by atoms with Gasteiger partial charge in [0.1, 0.15) is 11.6 Å². The van der Waals surface area contributed by atoms with Gasteiger partial charge in [-0.05, 0) is 86.1 Å². The van der Waals surface area contributed by atoms with Crippen molar-refractivity contribution in [3.63, 3.8) is 0 Å². The Morgan fingerprint density at radius 1 is 1.17 bits per heavy atom. The second-order valence-corrected chi connectivity index (χ2v) is 10.2. The van der Waals surface area contributed by atoms with Crippen molar-refractivity contribution in [2.75, 3.05) is 0 Å². The highest BCUT2D eigenvalue weighted by molar-refractivity contribution is 5.77. The molecule has 5 rings (SSSR count). The number of carbonyl (C=O) groups excluding carboxylic acids is 1. The molecule has 5 nitrogen and oxygen atoms in total. The van der Waals surface area contributed by atoms with Crippen molar-refractivity contribution < 1.29 is 18.7 Å². The average molecular weight is 492 g/mol. The number of fused-ring (bicyclic) bond motifs is 2. The summed E-state index contributed by atoms with van der Waals surface area (Å²) in [5.41, 5.74) is 9.02. The molecule has 3 N–H and O–H groups in total. The summed E-state index contributed by atoms with van der Waals surface area (Å²) in [4.78, 5) is 11.5. The first-order valence-electron chi connectivity index (χ1n) is 12.6. The van der Waals surface area contributed by atoms with Crippen LogP contribution in [0.15, 0.2) is 54.2 Å². The number of halogens is 2. The Balaban J connectivity index is 1.47. The third-order valence-electron chi connectivity index (χ3n) is 8.13. The minimum atomic E-state index is -0.971. The summed E-state index contributed by atoms with van der Waals surface area (Å²) >= 11 is 0. The van der Waals surface area contributed by atoms with Gasteiger partial charge < -0.3 is 10.8 Å². The fourth-order valence-electron chi connectivity index (χ4n) is 6.39. The van der Waals surface area contributed by atoms with E-state index in [1.165, 1.54) is 23.8 Å². The van der Waals surface area contributed by atoms with E-state index >= 15 is 0 Å². The van der Waals surface area contributed by atoms with Crippen LogP contribution in [0.4, 0.5) is 8.78 Å². The quantitative estimate of drug-likeness (QED) is 0.462. The van der Waals surface area contributed by atoms with Crippen LogP contribution in [0.25, 0.3) is 11.8 Å². The molecule has 7 heteroatoms. The Morgan fingerprint density at radius 2 is 1.94 bits per heavy atom.